The van der Waals surface area contributed by atoms with E-state index >= 15 is 0 Å². The first-order valence-electron chi connectivity index (χ1n) is 4.80. The van der Waals surface area contributed by atoms with Gasteiger partial charge in [-0.3, -0.25) is 9.59 Å². The van der Waals surface area contributed by atoms with Crippen LogP contribution in [-0.4, -0.2) is 35.0 Å². The summed E-state index contributed by atoms with van der Waals surface area (Å²) in [4.78, 5) is 33.1. The van der Waals surface area contributed by atoms with E-state index in [4.69, 9.17) is 11.5 Å². The highest BCUT2D eigenvalue weighted by molar-refractivity contribution is 5.92. The van der Waals surface area contributed by atoms with Crippen LogP contribution in [0.5, 0.6) is 0 Å². The van der Waals surface area contributed by atoms with Crippen LogP contribution in [0.2, 0.25) is 0 Å². The number of hydrogen-bond donors (Lipinski definition) is 3. The number of nitrogens with one attached hydrogen (secondary N) is 2. The molecule has 1 aliphatic rings. The molecule has 3 N–H and O–H groups in total. The van der Waals surface area contributed by atoms with E-state index in [0.717, 1.165) is 0 Å². The molecule has 2 unspecified atom stereocenters. The molecule has 1 saturated heterocycles. The Morgan fingerprint density at radius 2 is 2.38 bits per heavy atom. The van der Waals surface area contributed by atoms with Gasteiger partial charge in [0.1, 0.15) is 12.1 Å². The summed E-state index contributed by atoms with van der Waals surface area (Å²) in [6.45, 7) is 0. The van der Waals surface area contributed by atoms with Crippen molar-refractivity contribution in [2.24, 2.45) is 0 Å². The molecular formula is C10H12N2O4. The summed E-state index contributed by atoms with van der Waals surface area (Å²) in [7, 11) is 0. The van der Waals surface area contributed by atoms with Crippen LogP contribution in [-0.2, 0) is 14.4 Å². The van der Waals surface area contributed by atoms with Crippen molar-refractivity contribution >= 4 is 17.8 Å². The molecule has 0 saturated carbocycles. The van der Waals surface area contributed by atoms with Gasteiger partial charge in [0.2, 0.25) is 11.8 Å². The van der Waals surface area contributed by atoms with Gasteiger partial charge in [-0.1, -0.05) is 0 Å². The van der Waals surface area contributed by atoms with Crippen LogP contribution in [0.3, 0.4) is 0 Å². The van der Waals surface area contributed by atoms with Crippen molar-refractivity contribution in [1.82, 2.24) is 10.6 Å². The van der Waals surface area contributed by atoms with Crippen molar-refractivity contribution in [3.8, 4) is 12.3 Å². The zero-order chi connectivity index (χ0) is 12.1. The van der Waals surface area contributed by atoms with Gasteiger partial charge in [0.25, 0.3) is 0 Å². The third-order valence-corrected chi connectivity index (χ3v) is 2.25. The molecular weight excluding hydrogens is 212 g/mol. The Balaban J connectivity index is 2.52. The number of amides is 2. The quantitative estimate of drug-likeness (QED) is 0.526. The zero-order valence-electron chi connectivity index (χ0n) is 8.53. The second-order valence-corrected chi connectivity index (χ2v) is 3.47. The molecule has 1 rings (SSSR count). The molecule has 1 fully saturated rings. The molecule has 0 spiro atoms. The van der Waals surface area contributed by atoms with Crippen LogP contribution in [0, 0.1) is 12.3 Å². The minimum Gasteiger partial charge on any atom is -0.480 e. The van der Waals surface area contributed by atoms with Crippen molar-refractivity contribution in [1.29, 1.82) is 0 Å². The summed E-state index contributed by atoms with van der Waals surface area (Å²) in [6, 6.07) is -1.75. The predicted molar refractivity (Wildman–Crippen MR) is 54.2 cm³/mol. The lowest BCUT2D eigenvalue weighted by atomic mass is 10.1. The van der Waals surface area contributed by atoms with Crippen LogP contribution >= 0.6 is 0 Å². The van der Waals surface area contributed by atoms with Crippen molar-refractivity contribution in [3.05, 3.63) is 0 Å². The number of terminal acetylenes is 1. The fourth-order valence-electron chi connectivity index (χ4n) is 1.40. The molecule has 0 radical (unpaired) electrons. The summed E-state index contributed by atoms with van der Waals surface area (Å²) < 4.78 is 0. The highest BCUT2D eigenvalue weighted by Gasteiger charge is 2.29. The van der Waals surface area contributed by atoms with Gasteiger partial charge >= 0.3 is 5.97 Å². The van der Waals surface area contributed by atoms with Crippen molar-refractivity contribution in [3.63, 3.8) is 0 Å². The van der Waals surface area contributed by atoms with E-state index in [1.807, 2.05) is 0 Å². The number of carbonyl (C=O) groups excluding carboxylic acids is 2. The van der Waals surface area contributed by atoms with Crippen molar-refractivity contribution in [2.45, 2.75) is 31.3 Å². The maximum atomic E-state index is 11.5. The van der Waals surface area contributed by atoms with Crippen molar-refractivity contribution < 1.29 is 19.5 Å². The summed E-state index contributed by atoms with van der Waals surface area (Å²) >= 11 is 0. The molecule has 1 aliphatic heterocycles. The van der Waals surface area contributed by atoms with Crippen LogP contribution in [0.1, 0.15) is 19.3 Å². The van der Waals surface area contributed by atoms with Crippen molar-refractivity contribution in [2.75, 3.05) is 0 Å². The number of rotatable bonds is 4. The topological polar surface area (TPSA) is 95.5 Å². The fraction of sp³-hybridized carbons (Fsp3) is 0.500. The Bertz CT molecular complexity index is 358. The van der Waals surface area contributed by atoms with Gasteiger partial charge < -0.3 is 15.7 Å². The lowest BCUT2D eigenvalue weighted by molar-refractivity contribution is -0.141. The minimum absolute atomic E-state index is 0.0816. The van der Waals surface area contributed by atoms with Gasteiger partial charge in [0, 0.05) is 12.8 Å². The normalized spacial score (nSPS) is 20.7. The average molecular weight is 224 g/mol. The summed E-state index contributed by atoms with van der Waals surface area (Å²) in [5.41, 5.74) is 0. The number of carboxylic acid groups (broad SMARTS) is 1. The van der Waals surface area contributed by atoms with E-state index in [9.17, 15) is 14.4 Å². The van der Waals surface area contributed by atoms with Gasteiger partial charge in [0.05, 0.1) is 0 Å². The van der Waals surface area contributed by atoms with E-state index < -0.39 is 24.0 Å². The Morgan fingerprint density at radius 1 is 1.69 bits per heavy atom. The molecule has 0 aromatic heterocycles. The van der Waals surface area contributed by atoms with Crippen LogP contribution in [0.15, 0.2) is 0 Å². The van der Waals surface area contributed by atoms with E-state index in [1.165, 1.54) is 0 Å². The largest absolute Gasteiger partial charge is 0.480 e. The number of hydrogen-bond acceptors (Lipinski definition) is 3. The van der Waals surface area contributed by atoms with E-state index in [0.29, 0.717) is 6.42 Å². The summed E-state index contributed by atoms with van der Waals surface area (Å²) in [5.74, 6) is 0.276. The molecule has 2 amide bonds. The molecule has 2 atom stereocenters. The minimum atomic E-state index is -1.18. The fourth-order valence-corrected chi connectivity index (χ4v) is 1.40. The third kappa shape index (κ3) is 2.98. The lowest BCUT2D eigenvalue weighted by Crippen LogP contribution is -2.48. The molecule has 0 aromatic carbocycles. The summed E-state index contributed by atoms with van der Waals surface area (Å²) in [6.07, 6.45) is 5.57. The average Bonchev–Trinajstić information content (AvgIpc) is 2.64. The standard InChI is InChI=1S/C10H12N2O4/c1-2-3-7(10(15)16)12-9(14)6-4-5-8(13)11-6/h1,6-7H,3-5H2,(H,11,13)(H,12,14)(H,15,16). The molecule has 0 bridgehead atoms. The first kappa shape index (κ1) is 12.0. The Labute approximate surface area is 92.4 Å². The first-order chi connectivity index (χ1) is 7.54. The second kappa shape index (κ2) is 5.16. The first-order valence-corrected chi connectivity index (χ1v) is 4.80. The van der Waals surface area contributed by atoms with Crippen LogP contribution in [0.4, 0.5) is 0 Å². The molecule has 86 valence electrons. The molecule has 1 heterocycles. The SMILES string of the molecule is C#CCC(NC(=O)C1CCC(=O)N1)C(=O)O. The maximum absolute atomic E-state index is 11.5. The van der Waals surface area contributed by atoms with Gasteiger partial charge in [-0.25, -0.2) is 4.79 Å². The molecule has 6 heteroatoms. The van der Waals surface area contributed by atoms with Gasteiger partial charge in [-0.05, 0) is 6.42 Å². The molecule has 16 heavy (non-hydrogen) atoms. The lowest BCUT2D eigenvalue weighted by Gasteiger charge is -2.15. The second-order valence-electron chi connectivity index (χ2n) is 3.47. The van der Waals surface area contributed by atoms with E-state index in [2.05, 4.69) is 16.6 Å². The molecule has 0 aromatic rings. The predicted octanol–water partition coefficient (Wildman–Crippen LogP) is -1.14. The number of carboxylic acids is 1. The third-order valence-electron chi connectivity index (χ3n) is 2.25. The molecule has 0 aliphatic carbocycles. The Morgan fingerprint density at radius 3 is 2.81 bits per heavy atom. The molecule has 6 nitrogen and oxygen atoms in total. The van der Waals surface area contributed by atoms with E-state index in [1.54, 1.807) is 0 Å². The van der Waals surface area contributed by atoms with Gasteiger partial charge in [-0.2, -0.15) is 0 Å². The smallest absolute Gasteiger partial charge is 0.327 e. The van der Waals surface area contributed by atoms with E-state index in [-0.39, 0.29) is 18.7 Å². The highest BCUT2D eigenvalue weighted by atomic mass is 16.4. The van der Waals surface area contributed by atoms with Crippen LogP contribution in [0.25, 0.3) is 0 Å². The summed E-state index contributed by atoms with van der Waals surface area (Å²) in [5, 5.41) is 13.5. The number of carbonyl (C=O) groups is 3. The number of aliphatic carboxylic acids is 1. The highest BCUT2D eigenvalue weighted by Crippen LogP contribution is 2.07. The zero-order valence-corrected chi connectivity index (χ0v) is 8.53. The Hall–Kier alpha value is -2.03. The van der Waals surface area contributed by atoms with Gasteiger partial charge in [-0.15, -0.1) is 12.3 Å². The van der Waals surface area contributed by atoms with Crippen LogP contribution < -0.4 is 10.6 Å². The Kier molecular flexibility index (Phi) is 3.89. The maximum Gasteiger partial charge on any atom is 0.327 e. The van der Waals surface area contributed by atoms with Gasteiger partial charge in [0.15, 0.2) is 0 Å². The monoisotopic (exact) mass is 224 g/mol.